The van der Waals surface area contributed by atoms with Crippen LogP contribution in [0.4, 0.5) is 0 Å². The molecule has 4 rings (SSSR count). The van der Waals surface area contributed by atoms with Crippen LogP contribution in [0, 0.1) is 0 Å². The van der Waals surface area contributed by atoms with E-state index in [2.05, 4.69) is 21.6 Å². The van der Waals surface area contributed by atoms with Crippen LogP contribution >= 0.6 is 0 Å². The fraction of sp³-hybridized carbons (Fsp3) is 0.174. The van der Waals surface area contributed by atoms with Gasteiger partial charge in [0.15, 0.2) is 0 Å². The Balaban J connectivity index is 1.29. The topological polar surface area (TPSA) is 64.7 Å². The lowest BCUT2D eigenvalue weighted by Gasteiger charge is -2.11. The van der Waals surface area contributed by atoms with Crippen molar-refractivity contribution >= 4 is 5.91 Å². The second-order valence-corrected chi connectivity index (χ2v) is 6.88. The minimum atomic E-state index is 0.0337. The molecule has 0 radical (unpaired) electrons. The standard InChI is InChI=1S/C23H23N5O/c29-23(12-11-19-15-26-28(17-19)22-9-2-1-3-10-22)24-16-20-7-4-5-8-21(20)18-27-14-6-13-25-27/h1-10,13-15,17H,11-12,16,18H2,(H,24,29). The van der Waals surface area contributed by atoms with Crippen LogP contribution in [0.2, 0.25) is 0 Å². The van der Waals surface area contributed by atoms with Crippen molar-refractivity contribution in [2.24, 2.45) is 0 Å². The van der Waals surface area contributed by atoms with E-state index >= 15 is 0 Å². The molecule has 0 bridgehead atoms. The minimum Gasteiger partial charge on any atom is -0.352 e. The van der Waals surface area contributed by atoms with Gasteiger partial charge in [-0.2, -0.15) is 10.2 Å². The second kappa shape index (κ2) is 9.01. The number of hydrogen-bond acceptors (Lipinski definition) is 3. The molecule has 0 spiro atoms. The molecule has 2 aromatic heterocycles. The Hall–Kier alpha value is -3.67. The van der Waals surface area contributed by atoms with Crippen LogP contribution in [0.3, 0.4) is 0 Å². The Morgan fingerprint density at radius 3 is 2.52 bits per heavy atom. The smallest absolute Gasteiger partial charge is 0.220 e. The molecule has 0 unspecified atom stereocenters. The average molecular weight is 385 g/mol. The van der Waals surface area contributed by atoms with Crippen molar-refractivity contribution in [1.82, 2.24) is 24.9 Å². The van der Waals surface area contributed by atoms with E-state index in [1.807, 2.05) is 82.6 Å². The maximum absolute atomic E-state index is 12.3. The Bertz CT molecular complexity index is 1050. The summed E-state index contributed by atoms with van der Waals surface area (Å²) in [5.74, 6) is 0.0337. The Labute approximate surface area is 169 Å². The molecule has 29 heavy (non-hydrogen) atoms. The summed E-state index contributed by atoms with van der Waals surface area (Å²) in [6, 6.07) is 20.0. The first-order valence-corrected chi connectivity index (χ1v) is 9.68. The van der Waals surface area contributed by atoms with Gasteiger partial charge in [0.2, 0.25) is 5.91 Å². The lowest BCUT2D eigenvalue weighted by atomic mass is 10.1. The van der Waals surface area contributed by atoms with Gasteiger partial charge in [-0.15, -0.1) is 0 Å². The molecule has 0 aliphatic heterocycles. The number of nitrogens with one attached hydrogen (secondary N) is 1. The SMILES string of the molecule is O=C(CCc1cnn(-c2ccccc2)c1)NCc1ccccc1Cn1cccn1. The molecule has 0 fully saturated rings. The van der Waals surface area contributed by atoms with Crippen LogP contribution in [0.15, 0.2) is 85.5 Å². The van der Waals surface area contributed by atoms with Crippen LogP contribution in [0.5, 0.6) is 0 Å². The highest BCUT2D eigenvalue weighted by Gasteiger charge is 2.08. The molecule has 146 valence electrons. The minimum absolute atomic E-state index is 0.0337. The molecule has 0 aliphatic rings. The van der Waals surface area contributed by atoms with Gasteiger partial charge in [-0.25, -0.2) is 4.68 Å². The number of benzene rings is 2. The molecule has 6 nitrogen and oxygen atoms in total. The van der Waals surface area contributed by atoms with Crippen LogP contribution in [-0.2, 0) is 24.3 Å². The van der Waals surface area contributed by atoms with Gasteiger partial charge in [-0.1, -0.05) is 42.5 Å². The fourth-order valence-electron chi connectivity index (χ4n) is 3.20. The zero-order valence-corrected chi connectivity index (χ0v) is 16.1. The van der Waals surface area contributed by atoms with E-state index in [-0.39, 0.29) is 5.91 Å². The highest BCUT2D eigenvalue weighted by molar-refractivity contribution is 5.76. The zero-order valence-electron chi connectivity index (χ0n) is 16.1. The molecule has 0 saturated heterocycles. The van der Waals surface area contributed by atoms with E-state index in [0.717, 1.165) is 22.4 Å². The number of carbonyl (C=O) groups is 1. The third-order valence-corrected chi connectivity index (χ3v) is 4.78. The third kappa shape index (κ3) is 4.99. The van der Waals surface area contributed by atoms with Crippen LogP contribution < -0.4 is 5.32 Å². The summed E-state index contributed by atoms with van der Waals surface area (Å²) < 4.78 is 3.71. The monoisotopic (exact) mass is 385 g/mol. The maximum Gasteiger partial charge on any atom is 0.220 e. The average Bonchev–Trinajstić information content (AvgIpc) is 3.44. The molecule has 2 aromatic carbocycles. The quantitative estimate of drug-likeness (QED) is 0.506. The number of aromatic nitrogens is 4. The van der Waals surface area contributed by atoms with E-state index in [4.69, 9.17) is 0 Å². The first-order valence-electron chi connectivity index (χ1n) is 9.68. The van der Waals surface area contributed by atoms with Crippen molar-refractivity contribution in [3.05, 3.63) is 102 Å². The van der Waals surface area contributed by atoms with Gasteiger partial charge in [-0.05, 0) is 41.3 Å². The molecule has 6 heteroatoms. The Kier molecular flexibility index (Phi) is 5.81. The number of rotatable bonds is 8. The molecular formula is C23H23N5O. The summed E-state index contributed by atoms with van der Waals surface area (Å²) in [4.78, 5) is 12.3. The number of para-hydroxylation sites is 1. The Morgan fingerprint density at radius 1 is 0.931 bits per heavy atom. The number of hydrogen-bond donors (Lipinski definition) is 1. The number of aryl methyl sites for hydroxylation is 1. The van der Waals surface area contributed by atoms with E-state index in [1.165, 1.54) is 0 Å². The fourth-order valence-corrected chi connectivity index (χ4v) is 3.20. The maximum atomic E-state index is 12.3. The van der Waals surface area contributed by atoms with E-state index in [9.17, 15) is 4.79 Å². The molecule has 1 N–H and O–H groups in total. The van der Waals surface area contributed by atoms with Gasteiger partial charge in [-0.3, -0.25) is 9.48 Å². The van der Waals surface area contributed by atoms with Crippen molar-refractivity contribution in [2.75, 3.05) is 0 Å². The van der Waals surface area contributed by atoms with Gasteiger partial charge >= 0.3 is 0 Å². The molecule has 4 aromatic rings. The van der Waals surface area contributed by atoms with Crippen LogP contribution in [-0.4, -0.2) is 25.5 Å². The first kappa shape index (κ1) is 18.7. The predicted octanol–water partition coefficient (Wildman–Crippen LogP) is 3.37. The molecule has 1 amide bonds. The van der Waals surface area contributed by atoms with Gasteiger partial charge in [0.25, 0.3) is 0 Å². The summed E-state index contributed by atoms with van der Waals surface area (Å²) in [6.45, 7) is 1.21. The van der Waals surface area contributed by atoms with Crippen molar-refractivity contribution in [1.29, 1.82) is 0 Å². The molecule has 2 heterocycles. The summed E-state index contributed by atoms with van der Waals surface area (Å²) in [5, 5.41) is 11.7. The zero-order chi connectivity index (χ0) is 19.9. The summed E-state index contributed by atoms with van der Waals surface area (Å²) in [6.07, 6.45) is 8.59. The molecule has 0 saturated carbocycles. The molecule has 0 aliphatic carbocycles. The normalized spacial score (nSPS) is 10.8. The first-order chi connectivity index (χ1) is 14.3. The van der Waals surface area contributed by atoms with Gasteiger partial charge in [0, 0.05) is 31.6 Å². The van der Waals surface area contributed by atoms with Crippen LogP contribution in [0.1, 0.15) is 23.1 Å². The summed E-state index contributed by atoms with van der Waals surface area (Å²) in [7, 11) is 0. The van der Waals surface area contributed by atoms with Crippen LogP contribution in [0.25, 0.3) is 5.69 Å². The predicted molar refractivity (Wildman–Crippen MR) is 112 cm³/mol. The van der Waals surface area contributed by atoms with Gasteiger partial charge < -0.3 is 5.32 Å². The Morgan fingerprint density at radius 2 is 1.72 bits per heavy atom. The lowest BCUT2D eigenvalue weighted by molar-refractivity contribution is -0.121. The second-order valence-electron chi connectivity index (χ2n) is 6.88. The summed E-state index contributed by atoms with van der Waals surface area (Å²) >= 11 is 0. The highest BCUT2D eigenvalue weighted by atomic mass is 16.1. The summed E-state index contributed by atoms with van der Waals surface area (Å²) in [5.41, 5.74) is 4.31. The van der Waals surface area contributed by atoms with Crippen molar-refractivity contribution in [2.45, 2.75) is 25.9 Å². The number of nitrogens with zero attached hydrogens (tertiary/aromatic N) is 4. The van der Waals surface area contributed by atoms with E-state index in [0.29, 0.717) is 25.9 Å². The molecular weight excluding hydrogens is 362 g/mol. The number of carbonyl (C=O) groups excluding carboxylic acids is 1. The van der Waals surface area contributed by atoms with E-state index < -0.39 is 0 Å². The van der Waals surface area contributed by atoms with Gasteiger partial charge in [0.1, 0.15) is 0 Å². The highest BCUT2D eigenvalue weighted by Crippen LogP contribution is 2.11. The van der Waals surface area contributed by atoms with Crippen molar-refractivity contribution in [3.63, 3.8) is 0 Å². The van der Waals surface area contributed by atoms with E-state index in [1.54, 1.807) is 6.20 Å². The largest absolute Gasteiger partial charge is 0.352 e. The molecule has 0 atom stereocenters. The lowest BCUT2D eigenvalue weighted by Crippen LogP contribution is -2.23. The number of amides is 1. The van der Waals surface area contributed by atoms with Crippen molar-refractivity contribution in [3.8, 4) is 5.69 Å². The third-order valence-electron chi connectivity index (χ3n) is 4.78. The van der Waals surface area contributed by atoms with Crippen molar-refractivity contribution < 1.29 is 4.79 Å². The van der Waals surface area contributed by atoms with Gasteiger partial charge in [0.05, 0.1) is 18.4 Å².